The zero-order valence-electron chi connectivity index (χ0n) is 10.7. The molecule has 1 aromatic rings. The van der Waals surface area contributed by atoms with Crippen molar-refractivity contribution in [2.75, 3.05) is 19.4 Å². The van der Waals surface area contributed by atoms with Crippen LogP contribution in [0.1, 0.15) is 29.9 Å². The molecule has 2 rings (SSSR count). The summed E-state index contributed by atoms with van der Waals surface area (Å²) in [6.07, 6.45) is 0.588. The summed E-state index contributed by atoms with van der Waals surface area (Å²) >= 11 is 0. The molecule has 0 unspecified atom stereocenters. The molecule has 0 spiro atoms. The Morgan fingerprint density at radius 2 is 2.06 bits per heavy atom. The van der Waals surface area contributed by atoms with Gasteiger partial charge in [-0.1, -0.05) is 0 Å². The van der Waals surface area contributed by atoms with Crippen molar-refractivity contribution >= 4 is 11.7 Å². The summed E-state index contributed by atoms with van der Waals surface area (Å²) in [5, 5.41) is 0. The van der Waals surface area contributed by atoms with Crippen molar-refractivity contribution in [3.05, 3.63) is 11.3 Å². The summed E-state index contributed by atoms with van der Waals surface area (Å²) in [6, 6.07) is 0.180. The number of aromatic nitrogens is 2. The maximum Gasteiger partial charge on any atom is 0.318 e. The maximum atomic E-state index is 12.3. The minimum Gasteiger partial charge on any atom is -0.467 e. The Kier molecular flexibility index (Phi) is 2.86. The van der Waals surface area contributed by atoms with Crippen LogP contribution in [0.4, 0.5) is 5.82 Å². The third kappa shape index (κ3) is 1.97. The van der Waals surface area contributed by atoms with E-state index >= 15 is 0 Å². The fourth-order valence-corrected chi connectivity index (χ4v) is 2.01. The number of carbonyl (C=O) groups is 1. The van der Waals surface area contributed by atoms with Crippen molar-refractivity contribution in [1.82, 2.24) is 14.9 Å². The number of nitrogens with two attached hydrogens (primary N) is 2. The Labute approximate surface area is 105 Å². The van der Waals surface area contributed by atoms with Crippen molar-refractivity contribution in [3.63, 3.8) is 0 Å². The van der Waals surface area contributed by atoms with Gasteiger partial charge in [0.1, 0.15) is 11.4 Å². The second-order valence-electron chi connectivity index (χ2n) is 4.78. The fourth-order valence-electron chi connectivity index (χ4n) is 2.01. The van der Waals surface area contributed by atoms with Gasteiger partial charge in [0.05, 0.1) is 18.5 Å². The van der Waals surface area contributed by atoms with E-state index in [4.69, 9.17) is 16.2 Å². The van der Waals surface area contributed by atoms with Crippen molar-refractivity contribution < 1.29 is 9.53 Å². The Morgan fingerprint density at radius 3 is 2.61 bits per heavy atom. The molecule has 7 nitrogen and oxygen atoms in total. The highest BCUT2D eigenvalue weighted by Gasteiger charge is 2.35. The summed E-state index contributed by atoms with van der Waals surface area (Å²) in [7, 11) is 1.46. The lowest BCUT2D eigenvalue weighted by Crippen LogP contribution is -2.56. The average Bonchev–Trinajstić information content (AvgIpc) is 2.26. The molecule has 0 aromatic carbocycles. The van der Waals surface area contributed by atoms with Gasteiger partial charge in [0.25, 0.3) is 5.91 Å². The van der Waals surface area contributed by atoms with E-state index in [9.17, 15) is 4.79 Å². The van der Waals surface area contributed by atoms with Gasteiger partial charge in [-0.25, -0.2) is 0 Å². The predicted octanol–water partition coefficient (Wildman–Crippen LogP) is -0.239. The second-order valence-corrected chi connectivity index (χ2v) is 4.78. The number of hydrogen-bond donors (Lipinski definition) is 2. The first-order chi connectivity index (χ1) is 8.34. The first-order valence-electron chi connectivity index (χ1n) is 5.66. The summed E-state index contributed by atoms with van der Waals surface area (Å²) < 4.78 is 4.94. The number of nitrogen functional groups attached to an aromatic ring is 1. The van der Waals surface area contributed by atoms with E-state index in [2.05, 4.69) is 9.97 Å². The second kappa shape index (κ2) is 4.09. The van der Waals surface area contributed by atoms with Crippen LogP contribution in [0.2, 0.25) is 0 Å². The van der Waals surface area contributed by atoms with Crippen LogP contribution in [-0.2, 0) is 6.42 Å². The molecule has 0 bridgehead atoms. The highest BCUT2D eigenvalue weighted by atomic mass is 16.5. The lowest BCUT2D eigenvalue weighted by molar-refractivity contribution is 0.0537. The van der Waals surface area contributed by atoms with E-state index in [1.807, 2.05) is 0 Å². The fraction of sp³-hybridized carbons (Fsp3) is 0.545. The van der Waals surface area contributed by atoms with E-state index < -0.39 is 5.66 Å². The summed E-state index contributed by atoms with van der Waals surface area (Å²) in [5.74, 6) is -0.0975. The maximum absolute atomic E-state index is 12.3. The standard InChI is InChI=1S/C11H17N5O2/c1-11(2,13)16-5-4-6-7(9(16)17)8(12)15-10(14-6)18-3/h4-5,13H2,1-3H3,(H2,12,14,15). The number of methoxy groups -OCH3 is 1. The largest absolute Gasteiger partial charge is 0.467 e. The van der Waals surface area contributed by atoms with Gasteiger partial charge in [-0.3, -0.25) is 4.79 Å². The lowest BCUT2D eigenvalue weighted by Gasteiger charge is -2.38. The number of carbonyl (C=O) groups excluding carboxylic acids is 1. The van der Waals surface area contributed by atoms with Gasteiger partial charge in [0, 0.05) is 13.0 Å². The van der Waals surface area contributed by atoms with Crippen LogP contribution in [0, 0.1) is 0 Å². The van der Waals surface area contributed by atoms with E-state index in [1.165, 1.54) is 7.11 Å². The molecule has 1 aromatic heterocycles. The molecule has 18 heavy (non-hydrogen) atoms. The topological polar surface area (TPSA) is 107 Å². The Balaban J connectivity index is 2.48. The van der Waals surface area contributed by atoms with E-state index in [1.54, 1.807) is 18.7 Å². The van der Waals surface area contributed by atoms with Gasteiger partial charge in [-0.2, -0.15) is 9.97 Å². The molecule has 7 heteroatoms. The minimum absolute atomic E-state index is 0.135. The first kappa shape index (κ1) is 12.6. The van der Waals surface area contributed by atoms with Gasteiger partial charge in [0.2, 0.25) is 0 Å². The van der Waals surface area contributed by atoms with Crippen LogP contribution < -0.4 is 16.2 Å². The lowest BCUT2D eigenvalue weighted by atomic mass is 10.0. The molecule has 0 atom stereocenters. The third-order valence-electron chi connectivity index (χ3n) is 2.90. The number of anilines is 1. The van der Waals surface area contributed by atoms with Crippen LogP contribution in [-0.4, -0.2) is 40.1 Å². The SMILES string of the molecule is COc1nc(N)c2c(n1)CCN(C(C)(C)N)C2=O. The summed E-state index contributed by atoms with van der Waals surface area (Å²) in [6.45, 7) is 4.06. The van der Waals surface area contributed by atoms with Crippen molar-refractivity contribution in [2.24, 2.45) is 5.73 Å². The molecule has 1 aliphatic heterocycles. The molecule has 1 amide bonds. The average molecular weight is 251 g/mol. The van der Waals surface area contributed by atoms with Crippen molar-refractivity contribution in [2.45, 2.75) is 25.9 Å². The molecular formula is C11H17N5O2. The Hall–Kier alpha value is -1.89. The number of hydrogen-bond acceptors (Lipinski definition) is 6. The Morgan fingerprint density at radius 1 is 1.39 bits per heavy atom. The number of nitrogens with zero attached hydrogens (tertiary/aromatic N) is 3. The van der Waals surface area contributed by atoms with Crippen LogP contribution in [0.5, 0.6) is 6.01 Å². The highest BCUT2D eigenvalue weighted by molar-refractivity contribution is 6.00. The van der Waals surface area contributed by atoms with Gasteiger partial charge >= 0.3 is 6.01 Å². The zero-order chi connectivity index (χ0) is 13.5. The van der Waals surface area contributed by atoms with Crippen LogP contribution >= 0.6 is 0 Å². The van der Waals surface area contributed by atoms with E-state index in [-0.39, 0.29) is 17.7 Å². The molecular weight excluding hydrogens is 234 g/mol. The number of amides is 1. The van der Waals surface area contributed by atoms with Crippen LogP contribution in [0.25, 0.3) is 0 Å². The molecule has 0 radical (unpaired) electrons. The molecule has 0 fully saturated rings. The normalized spacial score (nSPS) is 15.6. The smallest absolute Gasteiger partial charge is 0.318 e. The molecule has 2 heterocycles. The van der Waals surface area contributed by atoms with Gasteiger partial charge < -0.3 is 21.1 Å². The Bertz CT molecular complexity index is 495. The van der Waals surface area contributed by atoms with Crippen LogP contribution in [0.3, 0.4) is 0 Å². The van der Waals surface area contributed by atoms with Gasteiger partial charge in [0.15, 0.2) is 0 Å². The summed E-state index contributed by atoms with van der Waals surface area (Å²) in [5.41, 5.74) is 12.0. The molecule has 0 aliphatic carbocycles. The van der Waals surface area contributed by atoms with Crippen molar-refractivity contribution in [1.29, 1.82) is 0 Å². The number of ether oxygens (including phenoxy) is 1. The molecule has 98 valence electrons. The number of rotatable bonds is 2. The first-order valence-corrected chi connectivity index (χ1v) is 5.66. The molecule has 0 saturated heterocycles. The minimum atomic E-state index is -0.735. The molecule has 1 aliphatic rings. The zero-order valence-corrected chi connectivity index (χ0v) is 10.7. The van der Waals surface area contributed by atoms with Gasteiger partial charge in [-0.05, 0) is 13.8 Å². The quantitative estimate of drug-likeness (QED) is 0.751. The van der Waals surface area contributed by atoms with E-state index in [0.29, 0.717) is 24.2 Å². The molecule has 4 N–H and O–H groups in total. The monoisotopic (exact) mass is 251 g/mol. The summed E-state index contributed by atoms with van der Waals surface area (Å²) in [4.78, 5) is 22.0. The van der Waals surface area contributed by atoms with Crippen molar-refractivity contribution in [3.8, 4) is 6.01 Å². The predicted molar refractivity (Wildman–Crippen MR) is 66.0 cm³/mol. The van der Waals surface area contributed by atoms with Crippen LogP contribution in [0.15, 0.2) is 0 Å². The van der Waals surface area contributed by atoms with Gasteiger partial charge in [-0.15, -0.1) is 0 Å². The highest BCUT2D eigenvalue weighted by Crippen LogP contribution is 2.26. The number of fused-ring (bicyclic) bond motifs is 1. The third-order valence-corrected chi connectivity index (χ3v) is 2.90. The molecule has 0 saturated carbocycles. The van der Waals surface area contributed by atoms with E-state index in [0.717, 1.165) is 0 Å².